The molecule has 1 N–H and O–H groups in total. The minimum Gasteiger partial charge on any atom is -0.496 e. The molecule has 0 aliphatic carbocycles. The van der Waals surface area contributed by atoms with Crippen molar-refractivity contribution in [1.82, 2.24) is 10.3 Å². The first kappa shape index (κ1) is 14.3. The summed E-state index contributed by atoms with van der Waals surface area (Å²) >= 11 is 7.67. The molecule has 0 bridgehead atoms. The summed E-state index contributed by atoms with van der Waals surface area (Å²) < 4.78 is 5.38. The van der Waals surface area contributed by atoms with Crippen molar-refractivity contribution in [1.29, 1.82) is 0 Å². The first-order valence-electron chi connectivity index (χ1n) is 6.16. The Kier molecular flexibility index (Phi) is 4.80. The smallest absolute Gasteiger partial charge is 0.130 e. The zero-order chi connectivity index (χ0) is 13.8. The predicted molar refractivity (Wildman–Crippen MR) is 81.2 cm³/mol. The largest absolute Gasteiger partial charge is 0.496 e. The van der Waals surface area contributed by atoms with E-state index in [0.717, 1.165) is 35.1 Å². The number of nitrogens with zero attached hydrogens (tertiary/aromatic N) is 1. The maximum Gasteiger partial charge on any atom is 0.130 e. The van der Waals surface area contributed by atoms with E-state index < -0.39 is 0 Å². The third-order valence-electron chi connectivity index (χ3n) is 2.82. The Morgan fingerprint density at radius 1 is 1.42 bits per heavy atom. The molecule has 0 saturated heterocycles. The van der Waals surface area contributed by atoms with E-state index in [1.165, 1.54) is 4.88 Å². The van der Waals surface area contributed by atoms with Gasteiger partial charge >= 0.3 is 0 Å². The van der Waals surface area contributed by atoms with E-state index in [1.807, 2.05) is 25.1 Å². The number of benzene rings is 1. The molecule has 2 rings (SSSR count). The maximum absolute atomic E-state index is 5.98. The van der Waals surface area contributed by atoms with Crippen LogP contribution >= 0.6 is 22.9 Å². The second-order valence-corrected chi connectivity index (χ2v) is 5.67. The molecule has 1 heterocycles. The first-order chi connectivity index (χ1) is 9.15. The van der Waals surface area contributed by atoms with Crippen LogP contribution in [0, 0.1) is 6.92 Å². The summed E-state index contributed by atoms with van der Waals surface area (Å²) in [6, 6.07) is 5.63. The molecule has 0 atom stereocenters. The SMILES string of the molecule is CCNCc1sc(-c2ccc(Cl)cc2OC)nc1C. The monoisotopic (exact) mass is 296 g/mol. The molecule has 0 unspecified atom stereocenters. The van der Waals surface area contributed by atoms with Gasteiger partial charge in [-0.15, -0.1) is 11.3 Å². The van der Waals surface area contributed by atoms with Crippen LogP contribution in [0.4, 0.5) is 0 Å². The van der Waals surface area contributed by atoms with Gasteiger partial charge in [0.25, 0.3) is 0 Å². The van der Waals surface area contributed by atoms with Crippen LogP contribution in [0.1, 0.15) is 17.5 Å². The van der Waals surface area contributed by atoms with E-state index in [9.17, 15) is 0 Å². The van der Waals surface area contributed by atoms with Gasteiger partial charge in [0.1, 0.15) is 10.8 Å². The highest BCUT2D eigenvalue weighted by atomic mass is 35.5. The zero-order valence-electron chi connectivity index (χ0n) is 11.3. The lowest BCUT2D eigenvalue weighted by Gasteiger charge is -2.05. The molecule has 2 aromatic rings. The lowest BCUT2D eigenvalue weighted by Crippen LogP contribution is -2.11. The normalized spacial score (nSPS) is 10.7. The van der Waals surface area contributed by atoms with Gasteiger partial charge in [-0.3, -0.25) is 0 Å². The number of halogens is 1. The lowest BCUT2D eigenvalue weighted by molar-refractivity contribution is 0.416. The molecule has 102 valence electrons. The molecular weight excluding hydrogens is 280 g/mol. The Labute approximate surface area is 122 Å². The van der Waals surface area contributed by atoms with Crippen molar-refractivity contribution in [3.05, 3.63) is 33.8 Å². The number of methoxy groups -OCH3 is 1. The molecular formula is C14H17ClN2OS. The molecule has 0 saturated carbocycles. The third-order valence-corrected chi connectivity index (χ3v) is 4.25. The van der Waals surface area contributed by atoms with Gasteiger partial charge < -0.3 is 10.1 Å². The van der Waals surface area contributed by atoms with Crippen molar-refractivity contribution in [2.75, 3.05) is 13.7 Å². The van der Waals surface area contributed by atoms with Gasteiger partial charge in [0.15, 0.2) is 0 Å². The van der Waals surface area contributed by atoms with E-state index in [-0.39, 0.29) is 0 Å². The summed E-state index contributed by atoms with van der Waals surface area (Å²) in [5.41, 5.74) is 2.06. The van der Waals surface area contributed by atoms with Crippen molar-refractivity contribution in [3.63, 3.8) is 0 Å². The van der Waals surface area contributed by atoms with Gasteiger partial charge in [0.05, 0.1) is 18.4 Å². The number of hydrogen-bond acceptors (Lipinski definition) is 4. The molecule has 1 aromatic heterocycles. The molecule has 0 amide bonds. The van der Waals surface area contributed by atoms with Gasteiger partial charge in [-0.2, -0.15) is 0 Å². The molecule has 1 aromatic carbocycles. The number of ether oxygens (including phenoxy) is 1. The fraction of sp³-hybridized carbons (Fsp3) is 0.357. The van der Waals surface area contributed by atoms with E-state index >= 15 is 0 Å². The van der Waals surface area contributed by atoms with Gasteiger partial charge in [0.2, 0.25) is 0 Å². The first-order valence-corrected chi connectivity index (χ1v) is 7.36. The van der Waals surface area contributed by atoms with Crippen molar-refractivity contribution < 1.29 is 4.74 Å². The summed E-state index contributed by atoms with van der Waals surface area (Å²) in [6.45, 7) is 5.95. The van der Waals surface area contributed by atoms with Gasteiger partial charge in [-0.25, -0.2) is 4.98 Å². The van der Waals surface area contributed by atoms with Crippen LogP contribution in [0.5, 0.6) is 5.75 Å². The Balaban J connectivity index is 2.36. The average molecular weight is 297 g/mol. The summed E-state index contributed by atoms with van der Waals surface area (Å²) in [5.74, 6) is 0.760. The third kappa shape index (κ3) is 3.26. The van der Waals surface area contributed by atoms with E-state index in [0.29, 0.717) is 5.02 Å². The second-order valence-electron chi connectivity index (χ2n) is 4.15. The van der Waals surface area contributed by atoms with Crippen LogP contribution < -0.4 is 10.1 Å². The Morgan fingerprint density at radius 2 is 2.21 bits per heavy atom. The topological polar surface area (TPSA) is 34.1 Å². The van der Waals surface area contributed by atoms with Gasteiger partial charge in [0, 0.05) is 16.4 Å². The van der Waals surface area contributed by atoms with Crippen LogP contribution in [-0.2, 0) is 6.54 Å². The minimum atomic E-state index is 0.668. The van der Waals surface area contributed by atoms with Crippen LogP contribution in [0.3, 0.4) is 0 Å². The number of aromatic nitrogens is 1. The fourth-order valence-electron chi connectivity index (χ4n) is 1.79. The number of hydrogen-bond donors (Lipinski definition) is 1. The van der Waals surface area contributed by atoms with Crippen LogP contribution in [-0.4, -0.2) is 18.6 Å². The Bertz CT molecular complexity index is 569. The maximum atomic E-state index is 5.98. The molecule has 0 radical (unpaired) electrons. The highest BCUT2D eigenvalue weighted by Gasteiger charge is 2.13. The fourth-order valence-corrected chi connectivity index (χ4v) is 3.01. The van der Waals surface area contributed by atoms with Crippen molar-refractivity contribution >= 4 is 22.9 Å². The summed E-state index contributed by atoms with van der Waals surface area (Å²) in [7, 11) is 1.65. The minimum absolute atomic E-state index is 0.668. The average Bonchev–Trinajstić information content (AvgIpc) is 2.77. The van der Waals surface area contributed by atoms with Gasteiger partial charge in [-0.05, 0) is 31.7 Å². The molecule has 0 aliphatic rings. The molecule has 0 spiro atoms. The van der Waals surface area contributed by atoms with E-state index in [1.54, 1.807) is 18.4 Å². The van der Waals surface area contributed by atoms with Crippen molar-refractivity contribution in [3.8, 4) is 16.3 Å². The van der Waals surface area contributed by atoms with E-state index in [4.69, 9.17) is 16.3 Å². The molecule has 5 heteroatoms. The number of aryl methyl sites for hydroxylation is 1. The molecule has 3 nitrogen and oxygen atoms in total. The van der Waals surface area contributed by atoms with Crippen LogP contribution in [0.2, 0.25) is 5.02 Å². The Morgan fingerprint density at radius 3 is 2.89 bits per heavy atom. The number of nitrogens with one attached hydrogen (secondary N) is 1. The van der Waals surface area contributed by atoms with E-state index in [2.05, 4.69) is 17.2 Å². The molecule has 0 aliphatic heterocycles. The second kappa shape index (κ2) is 6.37. The van der Waals surface area contributed by atoms with Crippen molar-refractivity contribution in [2.24, 2.45) is 0 Å². The standard InChI is InChI=1S/C14H17ClN2OS/c1-4-16-8-13-9(2)17-14(19-13)11-6-5-10(15)7-12(11)18-3/h5-7,16H,4,8H2,1-3H3. The summed E-state index contributed by atoms with van der Waals surface area (Å²) in [5, 5.41) is 4.97. The number of rotatable bonds is 5. The quantitative estimate of drug-likeness (QED) is 0.909. The van der Waals surface area contributed by atoms with Crippen LogP contribution in [0.25, 0.3) is 10.6 Å². The Hall–Kier alpha value is -1.10. The van der Waals surface area contributed by atoms with Crippen LogP contribution in [0.15, 0.2) is 18.2 Å². The summed E-state index contributed by atoms with van der Waals surface area (Å²) in [6.07, 6.45) is 0. The zero-order valence-corrected chi connectivity index (χ0v) is 12.9. The highest BCUT2D eigenvalue weighted by molar-refractivity contribution is 7.15. The number of thiazole rings is 1. The molecule has 0 fully saturated rings. The van der Waals surface area contributed by atoms with Crippen molar-refractivity contribution in [2.45, 2.75) is 20.4 Å². The van der Waals surface area contributed by atoms with Gasteiger partial charge in [-0.1, -0.05) is 18.5 Å². The highest BCUT2D eigenvalue weighted by Crippen LogP contribution is 2.35. The predicted octanol–water partition coefficient (Wildman–Crippen LogP) is 3.89. The summed E-state index contributed by atoms with van der Waals surface area (Å²) in [4.78, 5) is 5.89. The lowest BCUT2D eigenvalue weighted by atomic mass is 10.2. The molecule has 19 heavy (non-hydrogen) atoms.